The van der Waals surface area contributed by atoms with E-state index in [0.29, 0.717) is 18.4 Å². The summed E-state index contributed by atoms with van der Waals surface area (Å²) in [5.74, 6) is 0.429. The van der Waals surface area contributed by atoms with Crippen molar-refractivity contribution < 1.29 is 0 Å². The predicted molar refractivity (Wildman–Crippen MR) is 72.8 cm³/mol. The molecule has 0 unspecified atom stereocenters. The Bertz CT molecular complexity index is 452. The monoisotopic (exact) mass is 250 g/mol. The summed E-state index contributed by atoms with van der Waals surface area (Å²) in [5.41, 5.74) is 5.58. The molecule has 1 aliphatic rings. The van der Waals surface area contributed by atoms with Crippen molar-refractivity contribution in [2.75, 3.05) is 11.9 Å². The molecule has 1 aromatic rings. The van der Waals surface area contributed by atoms with Crippen molar-refractivity contribution in [3.63, 3.8) is 0 Å². The van der Waals surface area contributed by atoms with Gasteiger partial charge in [0, 0.05) is 25.0 Å². The highest BCUT2D eigenvalue weighted by Crippen LogP contribution is 2.33. The lowest BCUT2D eigenvalue weighted by Crippen LogP contribution is -2.46. The molecule has 0 radical (unpaired) electrons. The second-order valence-electron chi connectivity index (χ2n) is 5.04. The summed E-state index contributed by atoms with van der Waals surface area (Å²) in [6.07, 6.45) is 7.39. The molecule has 1 fully saturated rings. The van der Waals surface area contributed by atoms with Crippen LogP contribution in [-0.4, -0.2) is 21.6 Å². The minimum Gasteiger partial charge on any atom is -0.359 e. The molecule has 0 aliphatic heterocycles. The van der Waals surface area contributed by atoms with Crippen LogP contribution < -0.4 is 16.6 Å². The molecule has 0 amide bonds. The van der Waals surface area contributed by atoms with E-state index in [4.69, 9.17) is 5.73 Å². The molecular formula is C13H22N4O. The molecule has 0 aromatic carbocycles. The van der Waals surface area contributed by atoms with E-state index in [1.54, 1.807) is 17.0 Å². The first-order valence-corrected chi connectivity index (χ1v) is 6.71. The Kier molecular flexibility index (Phi) is 3.71. The molecule has 0 saturated heterocycles. The molecule has 1 aromatic heterocycles. The largest absolute Gasteiger partial charge is 0.359 e. The van der Waals surface area contributed by atoms with E-state index < -0.39 is 0 Å². The van der Waals surface area contributed by atoms with E-state index in [1.165, 1.54) is 0 Å². The zero-order valence-electron chi connectivity index (χ0n) is 11.1. The van der Waals surface area contributed by atoms with E-state index >= 15 is 0 Å². The fraction of sp³-hybridized carbons (Fsp3) is 0.692. The molecule has 0 spiro atoms. The number of rotatable bonds is 6. The summed E-state index contributed by atoms with van der Waals surface area (Å²) in [6.45, 7) is 4.65. The molecule has 3 N–H and O–H groups in total. The van der Waals surface area contributed by atoms with Crippen LogP contribution >= 0.6 is 0 Å². The first kappa shape index (κ1) is 13.1. The van der Waals surface area contributed by atoms with Crippen LogP contribution in [0.25, 0.3) is 0 Å². The minimum absolute atomic E-state index is 0.0280. The number of nitrogens with one attached hydrogen (secondary N) is 1. The molecular weight excluding hydrogens is 228 g/mol. The van der Waals surface area contributed by atoms with Crippen LogP contribution in [0.4, 0.5) is 5.82 Å². The van der Waals surface area contributed by atoms with Gasteiger partial charge in [-0.3, -0.25) is 4.79 Å². The molecule has 1 aliphatic carbocycles. The van der Waals surface area contributed by atoms with Crippen LogP contribution in [0.2, 0.25) is 0 Å². The van der Waals surface area contributed by atoms with Crippen molar-refractivity contribution in [3.05, 3.63) is 22.7 Å². The van der Waals surface area contributed by atoms with Gasteiger partial charge in [0.2, 0.25) is 0 Å². The molecule has 5 nitrogen and oxygen atoms in total. The van der Waals surface area contributed by atoms with Crippen molar-refractivity contribution in [3.8, 4) is 0 Å². The van der Waals surface area contributed by atoms with Gasteiger partial charge in [-0.2, -0.15) is 0 Å². The second kappa shape index (κ2) is 5.10. The average Bonchev–Trinajstić information content (AvgIpc) is 3.22. The van der Waals surface area contributed by atoms with E-state index in [9.17, 15) is 4.79 Å². The maximum atomic E-state index is 12.3. The maximum absolute atomic E-state index is 12.3. The third-order valence-corrected chi connectivity index (χ3v) is 3.94. The lowest BCUT2D eigenvalue weighted by molar-refractivity contribution is 0.442. The maximum Gasteiger partial charge on any atom is 0.293 e. The number of hydrogen-bond acceptors (Lipinski definition) is 4. The summed E-state index contributed by atoms with van der Waals surface area (Å²) in [4.78, 5) is 16.5. The Morgan fingerprint density at radius 2 is 2.17 bits per heavy atom. The van der Waals surface area contributed by atoms with Crippen LogP contribution in [0.3, 0.4) is 0 Å². The highest BCUT2D eigenvalue weighted by Gasteiger charge is 2.28. The van der Waals surface area contributed by atoms with Gasteiger partial charge in [-0.1, -0.05) is 13.8 Å². The quantitative estimate of drug-likeness (QED) is 0.802. The Morgan fingerprint density at radius 1 is 1.50 bits per heavy atom. The molecule has 1 heterocycles. The van der Waals surface area contributed by atoms with Crippen LogP contribution in [-0.2, 0) is 0 Å². The van der Waals surface area contributed by atoms with Crippen LogP contribution in [0.5, 0.6) is 0 Å². The van der Waals surface area contributed by atoms with Crippen molar-refractivity contribution in [1.29, 1.82) is 0 Å². The standard InChI is InChI=1S/C13H22N4O/c1-3-13(4-2,9-14)16-11-12(18)17(8-7-15-11)10-5-6-10/h7-8,10H,3-6,9,14H2,1-2H3,(H,15,16). The van der Waals surface area contributed by atoms with Crippen molar-refractivity contribution in [2.24, 2.45) is 5.73 Å². The molecule has 0 bridgehead atoms. The molecule has 5 heteroatoms. The Hall–Kier alpha value is -1.36. The van der Waals surface area contributed by atoms with Gasteiger partial charge in [0.05, 0.1) is 5.54 Å². The fourth-order valence-electron chi connectivity index (χ4n) is 2.17. The fourth-order valence-corrected chi connectivity index (χ4v) is 2.17. The molecule has 18 heavy (non-hydrogen) atoms. The number of nitrogens with two attached hydrogens (primary N) is 1. The van der Waals surface area contributed by atoms with E-state index in [-0.39, 0.29) is 11.1 Å². The summed E-state index contributed by atoms with van der Waals surface area (Å²) < 4.78 is 1.78. The van der Waals surface area contributed by atoms with Gasteiger partial charge in [0.25, 0.3) is 5.56 Å². The molecule has 2 rings (SSSR count). The van der Waals surface area contributed by atoms with Gasteiger partial charge in [-0.05, 0) is 25.7 Å². The molecule has 1 saturated carbocycles. The summed E-state index contributed by atoms with van der Waals surface area (Å²) in [7, 11) is 0. The van der Waals surface area contributed by atoms with Crippen molar-refractivity contribution in [2.45, 2.75) is 51.1 Å². The van der Waals surface area contributed by atoms with E-state index in [1.807, 2.05) is 0 Å². The Labute approximate surface area is 107 Å². The molecule has 0 atom stereocenters. The van der Waals surface area contributed by atoms with Crippen LogP contribution in [0.1, 0.15) is 45.6 Å². The van der Waals surface area contributed by atoms with Crippen LogP contribution in [0.15, 0.2) is 17.2 Å². The number of anilines is 1. The lowest BCUT2D eigenvalue weighted by Gasteiger charge is -2.31. The highest BCUT2D eigenvalue weighted by molar-refractivity contribution is 5.35. The Morgan fingerprint density at radius 3 is 2.67 bits per heavy atom. The predicted octanol–water partition coefficient (Wildman–Crippen LogP) is 1.51. The second-order valence-corrected chi connectivity index (χ2v) is 5.04. The van der Waals surface area contributed by atoms with E-state index in [2.05, 4.69) is 24.1 Å². The zero-order valence-corrected chi connectivity index (χ0v) is 11.1. The SMILES string of the molecule is CCC(CC)(CN)Nc1nccn(C2CC2)c1=O. The molecule has 100 valence electrons. The summed E-state index contributed by atoms with van der Waals surface area (Å²) >= 11 is 0. The zero-order chi connectivity index (χ0) is 13.2. The van der Waals surface area contributed by atoms with Gasteiger partial charge in [0.15, 0.2) is 5.82 Å². The number of hydrogen-bond donors (Lipinski definition) is 2. The first-order valence-electron chi connectivity index (χ1n) is 6.71. The third-order valence-electron chi connectivity index (χ3n) is 3.94. The van der Waals surface area contributed by atoms with Crippen LogP contribution in [0, 0.1) is 0 Å². The summed E-state index contributed by atoms with van der Waals surface area (Å²) in [5, 5.41) is 3.26. The lowest BCUT2D eigenvalue weighted by atomic mass is 9.93. The van der Waals surface area contributed by atoms with Gasteiger partial charge in [-0.15, -0.1) is 0 Å². The van der Waals surface area contributed by atoms with Crippen molar-refractivity contribution >= 4 is 5.82 Å². The first-order chi connectivity index (χ1) is 8.65. The third kappa shape index (κ3) is 2.41. The topological polar surface area (TPSA) is 72.9 Å². The normalized spacial score (nSPS) is 15.7. The van der Waals surface area contributed by atoms with E-state index in [0.717, 1.165) is 25.7 Å². The number of nitrogens with zero attached hydrogens (tertiary/aromatic N) is 2. The van der Waals surface area contributed by atoms with Gasteiger partial charge in [0.1, 0.15) is 0 Å². The highest BCUT2D eigenvalue weighted by atomic mass is 16.1. The van der Waals surface area contributed by atoms with Gasteiger partial charge >= 0.3 is 0 Å². The van der Waals surface area contributed by atoms with Crippen molar-refractivity contribution in [1.82, 2.24) is 9.55 Å². The smallest absolute Gasteiger partial charge is 0.293 e. The summed E-state index contributed by atoms with van der Waals surface area (Å²) in [6, 6.07) is 0.372. The van der Waals surface area contributed by atoms with Gasteiger partial charge in [-0.25, -0.2) is 4.98 Å². The number of aromatic nitrogens is 2. The minimum atomic E-state index is -0.227. The van der Waals surface area contributed by atoms with Gasteiger partial charge < -0.3 is 15.6 Å². The average molecular weight is 250 g/mol. The Balaban J connectivity index is 2.28.